The maximum Gasteiger partial charge on any atom is 0.161 e. The summed E-state index contributed by atoms with van der Waals surface area (Å²) in [6.07, 6.45) is 0. The molecule has 0 aliphatic carbocycles. The molecule has 1 N–H and O–H groups in total. The molecule has 0 aliphatic rings. The van der Waals surface area contributed by atoms with Crippen molar-refractivity contribution in [1.29, 1.82) is 0 Å². The fourth-order valence-electron chi connectivity index (χ4n) is 1.24. The van der Waals surface area contributed by atoms with E-state index in [4.69, 9.17) is 4.74 Å². The minimum absolute atomic E-state index is 0.234. The summed E-state index contributed by atoms with van der Waals surface area (Å²) in [5, 5.41) is 15.4. The molecule has 1 atom stereocenters. The van der Waals surface area contributed by atoms with Crippen molar-refractivity contribution in [3.8, 4) is 15.6 Å². The zero-order chi connectivity index (χ0) is 11.5. The van der Waals surface area contributed by atoms with Gasteiger partial charge < -0.3 is 10.1 Å². The first kappa shape index (κ1) is 11.5. The summed E-state index contributed by atoms with van der Waals surface area (Å²) in [5.74, 6) is 0.866. The third-order valence-corrected chi connectivity index (χ3v) is 4.44. The second-order valence-corrected chi connectivity index (χ2v) is 5.20. The Hall–Kier alpha value is -0.980. The lowest BCUT2D eigenvalue weighted by Crippen LogP contribution is -2.11. The van der Waals surface area contributed by atoms with Crippen LogP contribution in [0.15, 0.2) is 11.4 Å². The molecule has 0 amide bonds. The van der Waals surface area contributed by atoms with Crippen LogP contribution >= 0.6 is 22.7 Å². The third-order valence-electron chi connectivity index (χ3n) is 2.29. The second kappa shape index (κ2) is 4.90. The maximum absolute atomic E-state index is 5.27. The number of ether oxygens (including phenoxy) is 1. The van der Waals surface area contributed by atoms with Crippen LogP contribution in [0.4, 0.5) is 0 Å². The monoisotopic (exact) mass is 255 g/mol. The number of nitrogens with zero attached hydrogens (tertiary/aromatic N) is 2. The Morgan fingerprint density at radius 2 is 2.25 bits per heavy atom. The quantitative estimate of drug-likeness (QED) is 0.912. The molecule has 0 spiro atoms. The number of nitrogens with one attached hydrogen (secondary N) is 1. The molecule has 1 unspecified atom stereocenters. The highest BCUT2D eigenvalue weighted by molar-refractivity contribution is 7.21. The van der Waals surface area contributed by atoms with Gasteiger partial charge in [-0.15, -0.1) is 21.5 Å². The number of hydrogen-bond acceptors (Lipinski definition) is 6. The van der Waals surface area contributed by atoms with Crippen molar-refractivity contribution in [3.05, 3.63) is 16.5 Å². The summed E-state index contributed by atoms with van der Waals surface area (Å²) in [6.45, 7) is 2.07. The van der Waals surface area contributed by atoms with Gasteiger partial charge in [-0.05, 0) is 25.4 Å². The van der Waals surface area contributed by atoms with Gasteiger partial charge in [0.2, 0.25) is 0 Å². The minimum Gasteiger partial charge on any atom is -0.495 e. The number of aromatic nitrogens is 2. The van der Waals surface area contributed by atoms with Gasteiger partial charge >= 0.3 is 0 Å². The lowest BCUT2D eigenvalue weighted by Gasteiger charge is -2.02. The summed E-state index contributed by atoms with van der Waals surface area (Å²) in [6, 6.07) is 2.18. The first-order chi connectivity index (χ1) is 7.76. The third kappa shape index (κ3) is 2.09. The van der Waals surface area contributed by atoms with Crippen molar-refractivity contribution in [2.24, 2.45) is 0 Å². The maximum atomic E-state index is 5.27. The van der Waals surface area contributed by atoms with Crippen LogP contribution in [-0.2, 0) is 0 Å². The molecule has 0 fully saturated rings. The molecule has 0 saturated carbocycles. The van der Waals surface area contributed by atoms with E-state index < -0.39 is 0 Å². The van der Waals surface area contributed by atoms with Gasteiger partial charge in [-0.2, -0.15) is 0 Å². The Morgan fingerprint density at radius 3 is 2.94 bits per heavy atom. The molecule has 2 rings (SSSR count). The molecule has 6 heteroatoms. The van der Waals surface area contributed by atoms with E-state index in [0.717, 1.165) is 20.6 Å². The van der Waals surface area contributed by atoms with Crippen molar-refractivity contribution < 1.29 is 4.74 Å². The highest BCUT2D eigenvalue weighted by Crippen LogP contribution is 2.37. The van der Waals surface area contributed by atoms with Gasteiger partial charge in [0, 0.05) is 0 Å². The van der Waals surface area contributed by atoms with E-state index >= 15 is 0 Å². The minimum atomic E-state index is 0.234. The molecule has 86 valence electrons. The smallest absolute Gasteiger partial charge is 0.161 e. The molecule has 16 heavy (non-hydrogen) atoms. The predicted octanol–water partition coefficient (Wildman–Crippen LogP) is 2.56. The molecule has 0 radical (unpaired) electrons. The SMILES string of the molecule is CNC(C)c1nnc(-c2sccc2OC)s1. The van der Waals surface area contributed by atoms with Gasteiger partial charge in [0.05, 0.1) is 13.2 Å². The van der Waals surface area contributed by atoms with Crippen molar-refractivity contribution in [3.63, 3.8) is 0 Å². The summed E-state index contributed by atoms with van der Waals surface area (Å²) in [7, 11) is 3.58. The van der Waals surface area contributed by atoms with Crippen molar-refractivity contribution in [1.82, 2.24) is 15.5 Å². The molecule has 0 saturated heterocycles. The van der Waals surface area contributed by atoms with Crippen LogP contribution < -0.4 is 10.1 Å². The Labute approximate surface area is 102 Å². The van der Waals surface area contributed by atoms with Crippen molar-refractivity contribution in [2.75, 3.05) is 14.2 Å². The largest absolute Gasteiger partial charge is 0.495 e. The van der Waals surface area contributed by atoms with Crippen LogP contribution in [0.1, 0.15) is 18.0 Å². The molecule has 2 aromatic rings. The molecular weight excluding hydrogens is 242 g/mol. The van der Waals surface area contributed by atoms with Crippen LogP contribution in [-0.4, -0.2) is 24.4 Å². The van der Waals surface area contributed by atoms with Gasteiger partial charge in [-0.1, -0.05) is 11.3 Å². The molecule has 0 aliphatic heterocycles. The highest BCUT2D eigenvalue weighted by atomic mass is 32.1. The van der Waals surface area contributed by atoms with Crippen LogP contribution in [0, 0.1) is 0 Å². The van der Waals surface area contributed by atoms with E-state index in [2.05, 4.69) is 22.4 Å². The van der Waals surface area contributed by atoms with Crippen molar-refractivity contribution in [2.45, 2.75) is 13.0 Å². The molecule has 4 nitrogen and oxygen atoms in total. The summed E-state index contributed by atoms with van der Waals surface area (Å²) in [4.78, 5) is 1.05. The summed E-state index contributed by atoms with van der Waals surface area (Å²) in [5.41, 5.74) is 0. The van der Waals surface area contributed by atoms with Gasteiger partial charge in [0.25, 0.3) is 0 Å². The zero-order valence-electron chi connectivity index (χ0n) is 9.35. The normalized spacial score (nSPS) is 12.7. The Bertz CT molecular complexity index is 466. The average molecular weight is 255 g/mol. The predicted molar refractivity (Wildman–Crippen MR) is 67.2 cm³/mol. The van der Waals surface area contributed by atoms with E-state index in [0.29, 0.717) is 0 Å². The molecule has 2 heterocycles. The first-order valence-corrected chi connectivity index (χ1v) is 6.58. The van der Waals surface area contributed by atoms with Gasteiger partial charge in [-0.25, -0.2) is 0 Å². The van der Waals surface area contributed by atoms with E-state index in [1.54, 1.807) is 29.8 Å². The van der Waals surface area contributed by atoms with Gasteiger partial charge in [0.15, 0.2) is 5.01 Å². The first-order valence-electron chi connectivity index (χ1n) is 4.88. The van der Waals surface area contributed by atoms with E-state index in [9.17, 15) is 0 Å². The van der Waals surface area contributed by atoms with E-state index in [1.807, 2.05) is 18.5 Å². The molecular formula is C10H13N3OS2. The standard InChI is InChI=1S/C10H13N3OS2/c1-6(11-2)9-12-13-10(16-9)8-7(14-3)4-5-15-8/h4-6,11H,1-3H3. The van der Waals surface area contributed by atoms with Crippen LogP contribution in [0.25, 0.3) is 9.88 Å². The number of hydrogen-bond donors (Lipinski definition) is 1. The number of rotatable bonds is 4. The average Bonchev–Trinajstić information content (AvgIpc) is 2.95. The fraction of sp³-hybridized carbons (Fsp3) is 0.400. The van der Waals surface area contributed by atoms with Crippen LogP contribution in [0.5, 0.6) is 5.75 Å². The lowest BCUT2D eigenvalue weighted by atomic mass is 10.4. The Balaban J connectivity index is 2.31. The summed E-state index contributed by atoms with van der Waals surface area (Å²) >= 11 is 3.22. The Kier molecular flexibility index (Phi) is 3.52. The molecule has 0 aromatic carbocycles. The molecule has 0 bridgehead atoms. The van der Waals surface area contributed by atoms with Gasteiger partial charge in [0.1, 0.15) is 15.6 Å². The van der Waals surface area contributed by atoms with Gasteiger partial charge in [-0.3, -0.25) is 0 Å². The number of thiophene rings is 1. The second-order valence-electron chi connectivity index (χ2n) is 3.27. The van der Waals surface area contributed by atoms with E-state index in [-0.39, 0.29) is 6.04 Å². The molecule has 2 aromatic heterocycles. The van der Waals surface area contributed by atoms with E-state index in [1.165, 1.54) is 0 Å². The van der Waals surface area contributed by atoms with Crippen molar-refractivity contribution >= 4 is 22.7 Å². The topological polar surface area (TPSA) is 47.0 Å². The lowest BCUT2D eigenvalue weighted by molar-refractivity contribution is 0.418. The number of methoxy groups -OCH3 is 1. The van der Waals surface area contributed by atoms with Crippen LogP contribution in [0.2, 0.25) is 0 Å². The highest BCUT2D eigenvalue weighted by Gasteiger charge is 2.15. The Morgan fingerprint density at radius 1 is 1.44 bits per heavy atom. The van der Waals surface area contributed by atoms with Crippen LogP contribution in [0.3, 0.4) is 0 Å². The fourth-order valence-corrected chi connectivity index (χ4v) is 3.09. The summed E-state index contributed by atoms with van der Waals surface area (Å²) < 4.78 is 5.27. The zero-order valence-corrected chi connectivity index (χ0v) is 11.0.